The lowest BCUT2D eigenvalue weighted by Gasteiger charge is -2.31. The summed E-state index contributed by atoms with van der Waals surface area (Å²) in [6.07, 6.45) is 7.06. The molecule has 0 spiro atoms. The number of aliphatic hydroxyl groups is 1. The SMILES string of the molecule is CSCC(CCO)NC1CCC1. The van der Waals surface area contributed by atoms with Crippen LogP contribution in [0.1, 0.15) is 25.7 Å². The first-order valence-electron chi connectivity index (χ1n) is 4.72. The number of hydrogen-bond donors (Lipinski definition) is 2. The molecule has 72 valence electrons. The van der Waals surface area contributed by atoms with Gasteiger partial charge in [0.25, 0.3) is 0 Å². The van der Waals surface area contributed by atoms with Gasteiger partial charge in [-0.1, -0.05) is 6.42 Å². The van der Waals surface area contributed by atoms with Crippen LogP contribution >= 0.6 is 11.8 Å². The van der Waals surface area contributed by atoms with Crippen molar-refractivity contribution in [2.75, 3.05) is 18.6 Å². The van der Waals surface area contributed by atoms with E-state index in [0.717, 1.165) is 18.2 Å². The van der Waals surface area contributed by atoms with Crippen molar-refractivity contribution in [3.05, 3.63) is 0 Å². The molecule has 12 heavy (non-hydrogen) atoms. The van der Waals surface area contributed by atoms with E-state index in [1.807, 2.05) is 11.8 Å². The first-order valence-corrected chi connectivity index (χ1v) is 6.12. The van der Waals surface area contributed by atoms with Gasteiger partial charge in [-0.15, -0.1) is 0 Å². The van der Waals surface area contributed by atoms with Crippen LogP contribution in [0, 0.1) is 0 Å². The number of nitrogens with one attached hydrogen (secondary N) is 1. The standard InChI is InChI=1S/C9H19NOS/c1-12-7-9(5-6-11)10-8-3-2-4-8/h8-11H,2-7H2,1H3. The van der Waals surface area contributed by atoms with Crippen LogP contribution in [0.4, 0.5) is 0 Å². The Morgan fingerprint density at radius 2 is 2.33 bits per heavy atom. The van der Waals surface area contributed by atoms with E-state index in [4.69, 9.17) is 5.11 Å². The fourth-order valence-electron chi connectivity index (χ4n) is 1.48. The lowest BCUT2D eigenvalue weighted by molar-refractivity contribution is 0.245. The van der Waals surface area contributed by atoms with Gasteiger partial charge in [-0.3, -0.25) is 0 Å². The zero-order valence-electron chi connectivity index (χ0n) is 7.75. The highest BCUT2D eigenvalue weighted by atomic mass is 32.2. The Bertz CT molecular complexity index is 111. The molecular formula is C9H19NOS. The van der Waals surface area contributed by atoms with Crippen molar-refractivity contribution >= 4 is 11.8 Å². The molecule has 0 aromatic heterocycles. The molecule has 0 bridgehead atoms. The number of thioether (sulfide) groups is 1. The fraction of sp³-hybridized carbons (Fsp3) is 1.00. The zero-order valence-corrected chi connectivity index (χ0v) is 8.57. The molecule has 3 heteroatoms. The molecule has 1 unspecified atom stereocenters. The molecule has 0 saturated heterocycles. The molecule has 2 nitrogen and oxygen atoms in total. The third kappa shape index (κ3) is 3.33. The van der Waals surface area contributed by atoms with Gasteiger partial charge in [0.05, 0.1) is 0 Å². The van der Waals surface area contributed by atoms with Gasteiger partial charge in [0, 0.05) is 24.4 Å². The minimum absolute atomic E-state index is 0.310. The second-order valence-corrected chi connectivity index (χ2v) is 4.37. The van der Waals surface area contributed by atoms with Crippen LogP contribution in [0.15, 0.2) is 0 Å². The van der Waals surface area contributed by atoms with Crippen molar-refractivity contribution in [3.8, 4) is 0 Å². The second kappa shape index (κ2) is 5.84. The zero-order chi connectivity index (χ0) is 8.81. The van der Waals surface area contributed by atoms with Crippen LogP contribution in [0.5, 0.6) is 0 Å². The molecule has 1 aliphatic rings. The van der Waals surface area contributed by atoms with E-state index in [9.17, 15) is 0 Å². The first-order chi connectivity index (χ1) is 5.86. The number of rotatable bonds is 6. The lowest BCUT2D eigenvalue weighted by atomic mass is 9.92. The van der Waals surface area contributed by atoms with Crippen LogP contribution in [-0.2, 0) is 0 Å². The highest BCUT2D eigenvalue weighted by Crippen LogP contribution is 2.19. The first kappa shape index (κ1) is 10.4. The smallest absolute Gasteiger partial charge is 0.0446 e. The molecule has 1 fully saturated rings. The lowest BCUT2D eigenvalue weighted by Crippen LogP contribution is -2.44. The Morgan fingerprint density at radius 1 is 1.58 bits per heavy atom. The predicted molar refractivity (Wildman–Crippen MR) is 54.6 cm³/mol. The average molecular weight is 189 g/mol. The van der Waals surface area contributed by atoms with Crippen molar-refractivity contribution in [1.29, 1.82) is 0 Å². The molecule has 2 N–H and O–H groups in total. The molecule has 0 heterocycles. The summed E-state index contributed by atoms with van der Waals surface area (Å²) in [6, 6.07) is 1.27. The van der Waals surface area contributed by atoms with Gasteiger partial charge in [-0.05, 0) is 25.5 Å². The van der Waals surface area contributed by atoms with Gasteiger partial charge < -0.3 is 10.4 Å². The van der Waals surface area contributed by atoms with Gasteiger partial charge in [0.15, 0.2) is 0 Å². The van der Waals surface area contributed by atoms with Gasteiger partial charge >= 0.3 is 0 Å². The molecule has 0 aliphatic heterocycles. The summed E-state index contributed by atoms with van der Waals surface area (Å²) in [5.41, 5.74) is 0. The van der Waals surface area contributed by atoms with E-state index in [0.29, 0.717) is 12.6 Å². The highest BCUT2D eigenvalue weighted by Gasteiger charge is 2.20. The molecule has 1 rings (SSSR count). The average Bonchev–Trinajstić information content (AvgIpc) is 1.97. The van der Waals surface area contributed by atoms with Gasteiger partial charge in [-0.2, -0.15) is 11.8 Å². The maximum Gasteiger partial charge on any atom is 0.0446 e. The van der Waals surface area contributed by atoms with Crippen LogP contribution in [0.2, 0.25) is 0 Å². The quantitative estimate of drug-likeness (QED) is 0.659. The maximum atomic E-state index is 8.82. The van der Waals surface area contributed by atoms with E-state index in [-0.39, 0.29) is 0 Å². The summed E-state index contributed by atoms with van der Waals surface area (Å²) >= 11 is 1.85. The van der Waals surface area contributed by atoms with Crippen LogP contribution in [0.25, 0.3) is 0 Å². The third-order valence-electron chi connectivity index (χ3n) is 2.42. The third-order valence-corrected chi connectivity index (χ3v) is 3.16. The van der Waals surface area contributed by atoms with Gasteiger partial charge in [0.2, 0.25) is 0 Å². The van der Waals surface area contributed by atoms with E-state index < -0.39 is 0 Å². The molecule has 0 aromatic rings. The van der Waals surface area contributed by atoms with Crippen LogP contribution < -0.4 is 5.32 Å². The Balaban J connectivity index is 2.11. The predicted octanol–water partition coefficient (Wildman–Crippen LogP) is 1.24. The molecule has 1 saturated carbocycles. The van der Waals surface area contributed by atoms with Crippen molar-refractivity contribution in [2.45, 2.75) is 37.8 Å². The Labute approximate surface area is 79.1 Å². The molecular weight excluding hydrogens is 170 g/mol. The van der Waals surface area contributed by atoms with Crippen molar-refractivity contribution in [2.24, 2.45) is 0 Å². The largest absolute Gasteiger partial charge is 0.396 e. The minimum Gasteiger partial charge on any atom is -0.396 e. The number of aliphatic hydroxyl groups excluding tert-OH is 1. The highest BCUT2D eigenvalue weighted by molar-refractivity contribution is 7.98. The number of hydrogen-bond acceptors (Lipinski definition) is 3. The summed E-state index contributed by atoms with van der Waals surface area (Å²) in [6.45, 7) is 0.310. The molecule has 0 aromatic carbocycles. The maximum absolute atomic E-state index is 8.82. The summed E-state index contributed by atoms with van der Waals surface area (Å²) in [5.74, 6) is 1.12. The van der Waals surface area contributed by atoms with E-state index in [1.54, 1.807) is 0 Å². The minimum atomic E-state index is 0.310. The van der Waals surface area contributed by atoms with Gasteiger partial charge in [0.1, 0.15) is 0 Å². The van der Waals surface area contributed by atoms with Crippen molar-refractivity contribution < 1.29 is 5.11 Å². The molecule has 0 amide bonds. The van der Waals surface area contributed by atoms with Crippen LogP contribution in [0.3, 0.4) is 0 Å². The monoisotopic (exact) mass is 189 g/mol. The molecule has 1 aliphatic carbocycles. The summed E-state index contributed by atoms with van der Waals surface area (Å²) < 4.78 is 0. The summed E-state index contributed by atoms with van der Waals surface area (Å²) in [4.78, 5) is 0. The van der Waals surface area contributed by atoms with Crippen molar-refractivity contribution in [1.82, 2.24) is 5.32 Å². The topological polar surface area (TPSA) is 32.3 Å². The Kier molecular flexibility index (Phi) is 5.04. The normalized spacial score (nSPS) is 20.5. The van der Waals surface area contributed by atoms with E-state index in [2.05, 4.69) is 11.6 Å². The van der Waals surface area contributed by atoms with Crippen LogP contribution in [-0.4, -0.2) is 35.8 Å². The molecule has 1 atom stereocenters. The van der Waals surface area contributed by atoms with Gasteiger partial charge in [-0.25, -0.2) is 0 Å². The molecule has 0 radical (unpaired) electrons. The van der Waals surface area contributed by atoms with E-state index >= 15 is 0 Å². The van der Waals surface area contributed by atoms with E-state index in [1.165, 1.54) is 19.3 Å². The Hall–Kier alpha value is 0.270. The van der Waals surface area contributed by atoms with Crippen molar-refractivity contribution in [3.63, 3.8) is 0 Å². The Morgan fingerprint density at radius 3 is 2.75 bits per heavy atom. The second-order valence-electron chi connectivity index (χ2n) is 3.46. The fourth-order valence-corrected chi connectivity index (χ4v) is 2.15. The summed E-state index contributed by atoms with van der Waals surface area (Å²) in [7, 11) is 0. The summed E-state index contributed by atoms with van der Waals surface area (Å²) in [5, 5.41) is 12.4.